The van der Waals surface area contributed by atoms with Crippen LogP contribution in [0.25, 0.3) is 0 Å². The summed E-state index contributed by atoms with van der Waals surface area (Å²) in [6.45, 7) is 6.97. The van der Waals surface area contributed by atoms with Crippen molar-refractivity contribution in [1.82, 2.24) is 15.1 Å². The third kappa shape index (κ3) is 8.26. The molecule has 54 heavy (non-hydrogen) atoms. The number of carbonyl (C=O) groups is 4. The number of likely N-dealkylation sites (tertiary alicyclic amines) is 1. The third-order valence-corrected chi connectivity index (χ3v) is 10.7. The predicted molar refractivity (Wildman–Crippen MR) is 204 cm³/mol. The number of β-lactam (4-membered cyclic amide) rings is 1. The Balaban J connectivity index is 1.14. The van der Waals surface area contributed by atoms with E-state index in [0.29, 0.717) is 36.4 Å². The minimum atomic E-state index is -0.887. The van der Waals surface area contributed by atoms with Crippen LogP contribution in [0, 0.1) is 0 Å². The maximum atomic E-state index is 14.4. The number of aromatic nitrogens is 1. The molecule has 2 saturated heterocycles. The fourth-order valence-electron chi connectivity index (χ4n) is 6.80. The van der Waals surface area contributed by atoms with E-state index in [2.05, 4.69) is 22.0 Å². The molecular formula is C43H43N4O6S+. The quantitative estimate of drug-likeness (QED) is 0.0909. The van der Waals surface area contributed by atoms with Gasteiger partial charge < -0.3 is 19.7 Å². The fourth-order valence-corrected chi connectivity index (χ4v) is 8.11. The summed E-state index contributed by atoms with van der Waals surface area (Å²) in [5.41, 5.74) is 4.17. The minimum Gasteiger partial charge on any atom is -0.448 e. The first kappa shape index (κ1) is 36.7. The normalized spacial score (nSPS) is 19.1. The molecule has 0 spiro atoms. The van der Waals surface area contributed by atoms with E-state index < -0.39 is 41.1 Å². The van der Waals surface area contributed by atoms with Gasteiger partial charge >= 0.3 is 12.1 Å². The zero-order valence-electron chi connectivity index (χ0n) is 30.5. The van der Waals surface area contributed by atoms with E-state index in [1.165, 1.54) is 22.2 Å². The summed E-state index contributed by atoms with van der Waals surface area (Å²) >= 11 is 1.41. The van der Waals surface area contributed by atoms with Crippen molar-refractivity contribution < 1.29 is 33.2 Å². The molecule has 4 heterocycles. The molecular weight excluding hydrogens is 701 g/mol. The summed E-state index contributed by atoms with van der Waals surface area (Å²) in [5.74, 6) is -0.938. The molecule has 1 N–H and O–H groups in total. The van der Waals surface area contributed by atoms with Crippen molar-refractivity contribution in [3.63, 3.8) is 0 Å². The van der Waals surface area contributed by atoms with Gasteiger partial charge in [0.05, 0.1) is 0 Å². The summed E-state index contributed by atoms with van der Waals surface area (Å²) in [6.07, 6.45) is 4.82. The van der Waals surface area contributed by atoms with Crippen molar-refractivity contribution in [1.29, 1.82) is 0 Å². The van der Waals surface area contributed by atoms with E-state index in [9.17, 15) is 19.2 Å². The molecule has 0 unspecified atom stereocenters. The lowest BCUT2D eigenvalue weighted by atomic mass is 10.00. The zero-order valence-corrected chi connectivity index (χ0v) is 31.3. The van der Waals surface area contributed by atoms with Crippen molar-refractivity contribution in [2.24, 2.45) is 0 Å². The van der Waals surface area contributed by atoms with Crippen LogP contribution < -0.4 is 9.88 Å². The van der Waals surface area contributed by atoms with Gasteiger partial charge in [0.15, 0.2) is 25.0 Å². The van der Waals surface area contributed by atoms with Gasteiger partial charge in [-0.05, 0) is 55.5 Å². The highest BCUT2D eigenvalue weighted by molar-refractivity contribution is 8.00. The maximum Gasteiger partial charge on any atom is 0.408 e. The molecule has 0 aliphatic carbocycles. The summed E-state index contributed by atoms with van der Waals surface area (Å²) in [7, 11) is 0. The van der Waals surface area contributed by atoms with Crippen LogP contribution in [-0.2, 0) is 36.9 Å². The predicted octanol–water partition coefficient (Wildman–Crippen LogP) is 6.08. The molecule has 276 valence electrons. The number of ether oxygens (including phenoxy) is 2. The number of amides is 3. The second-order valence-corrected chi connectivity index (χ2v) is 15.6. The van der Waals surface area contributed by atoms with Crippen molar-refractivity contribution in [2.75, 3.05) is 12.3 Å². The van der Waals surface area contributed by atoms with E-state index in [1.54, 1.807) is 31.7 Å². The Hall–Kier alpha value is -5.68. The smallest absolute Gasteiger partial charge is 0.408 e. The number of rotatable bonds is 10. The first-order valence-electron chi connectivity index (χ1n) is 18.0. The highest BCUT2D eigenvalue weighted by Gasteiger charge is 2.55. The Morgan fingerprint density at radius 1 is 0.889 bits per heavy atom. The standard InChI is InChI=1S/C43H42N4O6S/c1-43(2,3)53-42(51)44-35-39(49)47-36(41(50)52-37(31-15-9-5-10-16-31)32-17-11-6-12-18-32)34(28-54-40(35)47)25-33-21-24-46(38(33)48)27-30-19-22-45(23-20-30)26-29-13-7-4-8-14-29/h4-20,22-23,25,35,37,40H,21,24,26-28H2,1-3H3/p+1/t35-,40-/m1/s1. The SMILES string of the molecule is CC(C)(C)OC(=O)N[C@@H]1C(=O)N2C(C(=O)OC(c3ccccc3)c3ccccc3)=C(C=C3CCN(Cc4cc[n+](Cc5ccccc5)cc4)C3=O)CS[C@H]12. The molecule has 3 aliphatic rings. The van der Waals surface area contributed by atoms with Crippen molar-refractivity contribution in [2.45, 2.75) is 63.4 Å². The van der Waals surface area contributed by atoms with Crippen molar-refractivity contribution in [3.05, 3.63) is 161 Å². The first-order chi connectivity index (χ1) is 26.0. The Kier molecular flexibility index (Phi) is 10.7. The molecule has 3 amide bonds. The maximum absolute atomic E-state index is 14.4. The number of nitrogens with zero attached hydrogens (tertiary/aromatic N) is 3. The molecule has 0 saturated carbocycles. The van der Waals surface area contributed by atoms with Crippen LogP contribution >= 0.6 is 11.8 Å². The number of pyridine rings is 1. The number of fused-ring (bicyclic) bond motifs is 1. The molecule has 0 radical (unpaired) electrons. The summed E-state index contributed by atoms with van der Waals surface area (Å²) in [6, 6.07) is 32.2. The van der Waals surface area contributed by atoms with Gasteiger partial charge in [0, 0.05) is 42.1 Å². The van der Waals surface area contributed by atoms with Gasteiger partial charge in [-0.1, -0.05) is 91.0 Å². The summed E-state index contributed by atoms with van der Waals surface area (Å²) in [4.78, 5) is 57.8. The van der Waals surface area contributed by atoms with Crippen LogP contribution in [0.15, 0.2) is 138 Å². The Morgan fingerprint density at radius 3 is 2.11 bits per heavy atom. The summed E-state index contributed by atoms with van der Waals surface area (Å²) < 4.78 is 13.8. The average molecular weight is 744 g/mol. The number of thioether (sulfide) groups is 1. The molecule has 3 aliphatic heterocycles. The molecule has 3 aromatic carbocycles. The number of hydrogen-bond donors (Lipinski definition) is 1. The molecule has 7 rings (SSSR count). The molecule has 4 aromatic rings. The highest BCUT2D eigenvalue weighted by atomic mass is 32.2. The van der Waals surface area contributed by atoms with Crippen molar-refractivity contribution in [3.8, 4) is 0 Å². The van der Waals surface area contributed by atoms with Gasteiger partial charge in [-0.15, -0.1) is 11.8 Å². The number of esters is 1. The van der Waals surface area contributed by atoms with Crippen LogP contribution in [0.3, 0.4) is 0 Å². The third-order valence-electron chi connectivity index (χ3n) is 9.40. The molecule has 11 heteroatoms. The van der Waals surface area contributed by atoms with Crippen LogP contribution in [0.1, 0.15) is 55.5 Å². The number of benzene rings is 3. The lowest BCUT2D eigenvalue weighted by Crippen LogP contribution is -2.70. The number of nitrogens with one attached hydrogen (secondary N) is 1. The van der Waals surface area contributed by atoms with Gasteiger partial charge in [0.1, 0.15) is 22.7 Å². The van der Waals surface area contributed by atoms with Crippen LogP contribution in [0.2, 0.25) is 0 Å². The van der Waals surface area contributed by atoms with Gasteiger partial charge in [-0.3, -0.25) is 14.5 Å². The first-order valence-corrected chi connectivity index (χ1v) is 19.1. The topological polar surface area (TPSA) is 109 Å². The monoisotopic (exact) mass is 743 g/mol. The van der Waals surface area contributed by atoms with Crippen LogP contribution in [0.4, 0.5) is 4.79 Å². The van der Waals surface area contributed by atoms with Crippen LogP contribution in [-0.4, -0.2) is 63.0 Å². The molecule has 10 nitrogen and oxygen atoms in total. The van der Waals surface area contributed by atoms with Gasteiger partial charge in [-0.25, -0.2) is 14.2 Å². The molecule has 0 bridgehead atoms. The van der Waals surface area contributed by atoms with E-state index in [0.717, 1.165) is 23.2 Å². The van der Waals surface area contributed by atoms with E-state index >= 15 is 0 Å². The Labute approximate surface area is 319 Å². The number of alkyl carbamates (subject to hydrolysis) is 1. The van der Waals surface area contributed by atoms with Gasteiger partial charge in [-0.2, -0.15) is 0 Å². The van der Waals surface area contributed by atoms with Crippen LogP contribution in [0.5, 0.6) is 0 Å². The Morgan fingerprint density at radius 2 is 1.50 bits per heavy atom. The van der Waals surface area contributed by atoms with E-state index in [4.69, 9.17) is 9.47 Å². The largest absolute Gasteiger partial charge is 0.448 e. The fraction of sp³-hybridized carbons (Fsp3) is 0.279. The van der Waals surface area contributed by atoms with E-state index in [-0.39, 0.29) is 11.6 Å². The average Bonchev–Trinajstić information content (AvgIpc) is 3.51. The second kappa shape index (κ2) is 15.7. The lowest BCUT2D eigenvalue weighted by molar-refractivity contribution is -0.688. The van der Waals surface area contributed by atoms with Gasteiger partial charge in [0.25, 0.3) is 5.91 Å². The van der Waals surface area contributed by atoms with E-state index in [1.807, 2.05) is 103 Å². The summed E-state index contributed by atoms with van der Waals surface area (Å²) in [5, 5.41) is 2.13. The Bertz CT molecular complexity index is 2040. The molecule has 2 fully saturated rings. The molecule has 2 atom stereocenters. The number of carbonyl (C=O) groups excluding carboxylic acids is 4. The van der Waals surface area contributed by atoms with Gasteiger partial charge in [0.2, 0.25) is 5.91 Å². The number of hydrogen-bond acceptors (Lipinski definition) is 7. The highest BCUT2D eigenvalue weighted by Crippen LogP contribution is 2.42. The molecule has 1 aromatic heterocycles. The second-order valence-electron chi connectivity index (χ2n) is 14.5. The number of allylic oxidation sites excluding steroid dienone is 1. The lowest BCUT2D eigenvalue weighted by Gasteiger charge is -2.49. The van der Waals surface area contributed by atoms with Crippen molar-refractivity contribution >= 4 is 35.6 Å². The zero-order chi connectivity index (χ0) is 37.8. The minimum absolute atomic E-state index is 0.0765.